The Labute approximate surface area is 166 Å². The van der Waals surface area contributed by atoms with Gasteiger partial charge in [0.1, 0.15) is 5.52 Å². The van der Waals surface area contributed by atoms with Crippen molar-refractivity contribution in [2.75, 3.05) is 0 Å². The first-order chi connectivity index (χ1) is 14.2. The smallest absolute Gasteiger partial charge is 0.179 e. The molecule has 8 nitrogen and oxygen atoms in total. The van der Waals surface area contributed by atoms with Gasteiger partial charge in [-0.3, -0.25) is 9.67 Å². The Morgan fingerprint density at radius 1 is 1.10 bits per heavy atom. The third-order valence-corrected chi connectivity index (χ3v) is 4.74. The van der Waals surface area contributed by atoms with Gasteiger partial charge in [-0.15, -0.1) is 5.10 Å². The molecule has 0 radical (unpaired) electrons. The molecule has 5 rings (SSSR count). The maximum absolute atomic E-state index is 9.54. The van der Waals surface area contributed by atoms with Crippen LogP contribution in [0.2, 0.25) is 0 Å². The second-order valence-corrected chi connectivity index (χ2v) is 7.12. The number of aliphatic hydroxyl groups excluding tert-OH is 1. The van der Waals surface area contributed by atoms with Crippen molar-refractivity contribution in [2.45, 2.75) is 26.1 Å². The molecule has 0 saturated heterocycles. The van der Waals surface area contributed by atoms with E-state index in [0.717, 1.165) is 38.9 Å². The molecule has 8 heteroatoms. The minimum absolute atomic E-state index is 0.443. The number of pyridine rings is 2. The molecule has 0 saturated carbocycles. The van der Waals surface area contributed by atoms with Gasteiger partial charge in [0.25, 0.3) is 0 Å². The van der Waals surface area contributed by atoms with Gasteiger partial charge >= 0.3 is 0 Å². The average molecular weight is 385 g/mol. The van der Waals surface area contributed by atoms with E-state index in [1.807, 2.05) is 42.6 Å². The van der Waals surface area contributed by atoms with E-state index < -0.39 is 6.10 Å². The summed E-state index contributed by atoms with van der Waals surface area (Å²) in [5.74, 6) is 0. The van der Waals surface area contributed by atoms with Crippen molar-refractivity contribution in [2.24, 2.45) is 0 Å². The van der Waals surface area contributed by atoms with Crippen LogP contribution in [0.25, 0.3) is 33.3 Å². The summed E-state index contributed by atoms with van der Waals surface area (Å²) >= 11 is 0. The predicted octanol–water partition coefficient (Wildman–Crippen LogP) is 2.67. The standard InChI is InChI=1S/C21H19N7O/c1-14(29)11-27-13-17(10-23-27)19-6-7-20-21(24-19)28(26-25-20)12-15-4-5-18-16(9-15)3-2-8-22-18/h2-10,13-14,29H,11-12H2,1H3. The van der Waals surface area contributed by atoms with Crippen molar-refractivity contribution < 1.29 is 5.11 Å². The van der Waals surface area contributed by atoms with Gasteiger partial charge < -0.3 is 5.11 Å². The van der Waals surface area contributed by atoms with Crippen molar-refractivity contribution in [3.63, 3.8) is 0 Å². The van der Waals surface area contributed by atoms with Gasteiger partial charge in [-0.1, -0.05) is 17.3 Å². The van der Waals surface area contributed by atoms with Crippen LogP contribution in [-0.2, 0) is 13.1 Å². The van der Waals surface area contributed by atoms with Crippen LogP contribution >= 0.6 is 0 Å². The molecule has 1 N–H and O–H groups in total. The first-order valence-electron chi connectivity index (χ1n) is 9.40. The Balaban J connectivity index is 1.48. The Morgan fingerprint density at radius 2 is 2.00 bits per heavy atom. The van der Waals surface area contributed by atoms with Crippen LogP contribution in [-0.4, -0.2) is 46.0 Å². The van der Waals surface area contributed by atoms with Gasteiger partial charge in [-0.2, -0.15) is 5.10 Å². The highest BCUT2D eigenvalue weighted by Crippen LogP contribution is 2.21. The molecule has 4 aromatic heterocycles. The molecular formula is C21H19N7O. The predicted molar refractivity (Wildman–Crippen MR) is 109 cm³/mol. The summed E-state index contributed by atoms with van der Waals surface area (Å²) in [6.45, 7) is 2.75. The molecule has 29 heavy (non-hydrogen) atoms. The van der Waals surface area contributed by atoms with E-state index in [2.05, 4.69) is 26.5 Å². The minimum atomic E-state index is -0.457. The number of benzene rings is 1. The largest absolute Gasteiger partial charge is 0.391 e. The van der Waals surface area contributed by atoms with E-state index in [4.69, 9.17) is 4.98 Å². The number of aromatic nitrogens is 7. The zero-order valence-electron chi connectivity index (χ0n) is 15.8. The monoisotopic (exact) mass is 385 g/mol. The molecule has 144 valence electrons. The quantitative estimate of drug-likeness (QED) is 0.500. The second kappa shape index (κ2) is 7.06. The van der Waals surface area contributed by atoms with Crippen LogP contribution in [0.15, 0.2) is 61.1 Å². The van der Waals surface area contributed by atoms with Gasteiger partial charge in [0, 0.05) is 23.3 Å². The molecule has 0 aliphatic heterocycles. The third kappa shape index (κ3) is 3.45. The topological polar surface area (TPSA) is 94.5 Å². The minimum Gasteiger partial charge on any atom is -0.391 e. The SMILES string of the molecule is CC(O)Cn1cc(-c2ccc3nnn(Cc4ccc5ncccc5c4)c3n2)cn1. The molecule has 0 aliphatic carbocycles. The lowest BCUT2D eigenvalue weighted by Crippen LogP contribution is -2.11. The van der Waals surface area contributed by atoms with Gasteiger partial charge in [-0.25, -0.2) is 9.67 Å². The summed E-state index contributed by atoms with van der Waals surface area (Å²) < 4.78 is 3.52. The number of fused-ring (bicyclic) bond motifs is 2. The van der Waals surface area contributed by atoms with Crippen LogP contribution in [0.5, 0.6) is 0 Å². The summed E-state index contributed by atoms with van der Waals surface area (Å²) in [6.07, 6.45) is 4.97. The van der Waals surface area contributed by atoms with Crippen molar-refractivity contribution in [3.8, 4) is 11.3 Å². The van der Waals surface area contributed by atoms with E-state index in [1.165, 1.54) is 0 Å². The molecule has 0 amide bonds. The zero-order valence-corrected chi connectivity index (χ0v) is 15.8. The molecule has 4 heterocycles. The van der Waals surface area contributed by atoms with Gasteiger partial charge in [0.2, 0.25) is 0 Å². The summed E-state index contributed by atoms with van der Waals surface area (Å²) in [5, 5.41) is 23.5. The van der Waals surface area contributed by atoms with Crippen molar-refractivity contribution in [3.05, 3.63) is 66.6 Å². The van der Waals surface area contributed by atoms with Crippen molar-refractivity contribution in [1.82, 2.24) is 34.7 Å². The van der Waals surface area contributed by atoms with E-state index >= 15 is 0 Å². The first-order valence-corrected chi connectivity index (χ1v) is 9.40. The molecule has 1 atom stereocenters. The van der Waals surface area contributed by atoms with Gasteiger partial charge in [-0.05, 0) is 42.8 Å². The Kier molecular flexibility index (Phi) is 4.25. The molecule has 5 aromatic rings. The zero-order chi connectivity index (χ0) is 19.8. The number of hydrogen-bond acceptors (Lipinski definition) is 6. The third-order valence-electron chi connectivity index (χ3n) is 4.74. The molecule has 0 aliphatic rings. The Hall–Kier alpha value is -3.65. The molecule has 0 bridgehead atoms. The lowest BCUT2D eigenvalue weighted by Gasteiger charge is -2.05. The van der Waals surface area contributed by atoms with E-state index in [9.17, 15) is 5.11 Å². The number of hydrogen-bond donors (Lipinski definition) is 1. The highest BCUT2D eigenvalue weighted by Gasteiger charge is 2.11. The fourth-order valence-electron chi connectivity index (χ4n) is 3.38. The van der Waals surface area contributed by atoms with E-state index in [0.29, 0.717) is 13.1 Å². The molecule has 1 aromatic carbocycles. The van der Waals surface area contributed by atoms with Gasteiger partial charge in [0.15, 0.2) is 5.65 Å². The summed E-state index contributed by atoms with van der Waals surface area (Å²) in [6, 6.07) is 14.0. The van der Waals surface area contributed by atoms with Gasteiger partial charge in [0.05, 0.1) is 36.6 Å². The average Bonchev–Trinajstić information content (AvgIpc) is 3.34. The molecule has 0 spiro atoms. The maximum Gasteiger partial charge on any atom is 0.179 e. The summed E-state index contributed by atoms with van der Waals surface area (Å²) in [7, 11) is 0. The molecular weight excluding hydrogens is 366 g/mol. The lowest BCUT2D eigenvalue weighted by atomic mass is 10.1. The number of nitrogens with zero attached hydrogens (tertiary/aromatic N) is 7. The fourth-order valence-corrected chi connectivity index (χ4v) is 3.38. The normalized spacial score (nSPS) is 12.6. The fraction of sp³-hybridized carbons (Fsp3) is 0.190. The Morgan fingerprint density at radius 3 is 2.90 bits per heavy atom. The summed E-state index contributed by atoms with van der Waals surface area (Å²) in [5.41, 5.74) is 5.21. The second-order valence-electron chi connectivity index (χ2n) is 7.12. The van der Waals surface area contributed by atoms with Crippen molar-refractivity contribution >= 4 is 22.1 Å². The first kappa shape index (κ1) is 17.4. The van der Waals surface area contributed by atoms with Crippen LogP contribution in [0.3, 0.4) is 0 Å². The van der Waals surface area contributed by atoms with Crippen LogP contribution in [0, 0.1) is 0 Å². The summed E-state index contributed by atoms with van der Waals surface area (Å²) in [4.78, 5) is 9.13. The highest BCUT2D eigenvalue weighted by atomic mass is 16.3. The number of aliphatic hydroxyl groups is 1. The van der Waals surface area contributed by atoms with E-state index in [1.54, 1.807) is 28.7 Å². The van der Waals surface area contributed by atoms with Crippen LogP contribution in [0.1, 0.15) is 12.5 Å². The van der Waals surface area contributed by atoms with Crippen LogP contribution in [0.4, 0.5) is 0 Å². The molecule has 1 unspecified atom stereocenters. The number of rotatable bonds is 5. The Bertz CT molecular complexity index is 1300. The molecule has 0 fully saturated rings. The van der Waals surface area contributed by atoms with Crippen molar-refractivity contribution in [1.29, 1.82) is 0 Å². The van der Waals surface area contributed by atoms with Crippen LogP contribution < -0.4 is 0 Å². The maximum atomic E-state index is 9.54. The van der Waals surface area contributed by atoms with E-state index in [-0.39, 0.29) is 0 Å². The lowest BCUT2D eigenvalue weighted by molar-refractivity contribution is 0.168. The highest BCUT2D eigenvalue weighted by molar-refractivity contribution is 5.79.